The SMILES string of the molecule is CCN(CC)CCCCCCCCCCCCCCCCCN(CC)CC. The Kier molecular flexibility index (Phi) is 22.1. The highest BCUT2D eigenvalue weighted by atomic mass is 15.1. The summed E-state index contributed by atoms with van der Waals surface area (Å²) in [7, 11) is 0. The van der Waals surface area contributed by atoms with Crippen molar-refractivity contribution in [2.24, 2.45) is 0 Å². The van der Waals surface area contributed by atoms with Crippen LogP contribution in [0.15, 0.2) is 0 Å². The van der Waals surface area contributed by atoms with E-state index in [2.05, 4.69) is 37.5 Å². The highest BCUT2D eigenvalue weighted by Crippen LogP contribution is 2.13. The quantitative estimate of drug-likeness (QED) is 0.179. The molecule has 2 heteroatoms. The van der Waals surface area contributed by atoms with E-state index >= 15 is 0 Å². The molecule has 164 valence electrons. The number of rotatable bonds is 22. The Morgan fingerprint density at radius 2 is 0.481 bits per heavy atom. The minimum absolute atomic E-state index is 1.22. The van der Waals surface area contributed by atoms with Crippen LogP contribution in [0, 0.1) is 0 Å². The highest BCUT2D eigenvalue weighted by molar-refractivity contribution is 4.55. The molecule has 0 spiro atoms. The molecule has 0 saturated heterocycles. The lowest BCUT2D eigenvalue weighted by Crippen LogP contribution is -2.23. The van der Waals surface area contributed by atoms with Crippen molar-refractivity contribution in [3.05, 3.63) is 0 Å². The van der Waals surface area contributed by atoms with Crippen molar-refractivity contribution in [1.29, 1.82) is 0 Å². The van der Waals surface area contributed by atoms with Gasteiger partial charge in [0.2, 0.25) is 0 Å². The Bertz CT molecular complexity index is 233. The Morgan fingerprint density at radius 1 is 0.296 bits per heavy atom. The van der Waals surface area contributed by atoms with Crippen LogP contribution in [0.3, 0.4) is 0 Å². The van der Waals surface area contributed by atoms with Crippen molar-refractivity contribution in [3.8, 4) is 0 Å². The molecule has 2 nitrogen and oxygen atoms in total. The van der Waals surface area contributed by atoms with Crippen LogP contribution in [0.1, 0.15) is 124 Å². The first kappa shape index (κ1) is 26.9. The summed E-state index contributed by atoms with van der Waals surface area (Å²) in [5.41, 5.74) is 0. The first-order valence-electron chi connectivity index (χ1n) is 12.7. The summed E-state index contributed by atoms with van der Waals surface area (Å²) in [5.74, 6) is 0. The minimum atomic E-state index is 1.22. The molecule has 0 fully saturated rings. The lowest BCUT2D eigenvalue weighted by atomic mass is 10.0. The van der Waals surface area contributed by atoms with E-state index in [1.807, 2.05) is 0 Å². The van der Waals surface area contributed by atoms with Crippen molar-refractivity contribution >= 4 is 0 Å². The lowest BCUT2D eigenvalue weighted by molar-refractivity contribution is 0.295. The van der Waals surface area contributed by atoms with Gasteiger partial charge in [-0.15, -0.1) is 0 Å². The highest BCUT2D eigenvalue weighted by Gasteiger charge is 1.99. The van der Waals surface area contributed by atoms with E-state index in [0.717, 1.165) is 0 Å². The summed E-state index contributed by atoms with van der Waals surface area (Å²) in [6.45, 7) is 16.6. The molecule has 0 aliphatic heterocycles. The fourth-order valence-corrected chi connectivity index (χ4v) is 4.05. The normalized spacial score (nSPS) is 11.8. The fourth-order valence-electron chi connectivity index (χ4n) is 4.05. The van der Waals surface area contributed by atoms with Crippen LogP contribution in [-0.4, -0.2) is 49.1 Å². The zero-order valence-corrected chi connectivity index (χ0v) is 19.7. The molecule has 0 saturated carbocycles. The predicted molar refractivity (Wildman–Crippen MR) is 125 cm³/mol. The molecule has 0 rings (SSSR count). The monoisotopic (exact) mass is 382 g/mol. The molecule has 0 aliphatic rings. The molecule has 27 heavy (non-hydrogen) atoms. The molecular weight excluding hydrogens is 328 g/mol. The lowest BCUT2D eigenvalue weighted by Gasteiger charge is -2.17. The topological polar surface area (TPSA) is 6.48 Å². The van der Waals surface area contributed by atoms with Crippen molar-refractivity contribution in [1.82, 2.24) is 9.80 Å². The van der Waals surface area contributed by atoms with Crippen LogP contribution in [0.2, 0.25) is 0 Å². The second kappa shape index (κ2) is 22.2. The number of unbranched alkanes of at least 4 members (excludes halogenated alkanes) is 14. The van der Waals surface area contributed by atoms with Gasteiger partial charge in [-0.25, -0.2) is 0 Å². The van der Waals surface area contributed by atoms with Crippen molar-refractivity contribution < 1.29 is 0 Å². The molecule has 0 N–H and O–H groups in total. The zero-order chi connectivity index (χ0) is 20.0. The number of hydrogen-bond acceptors (Lipinski definition) is 2. The molecule has 0 aromatic rings. The average Bonchev–Trinajstić information content (AvgIpc) is 2.70. The predicted octanol–water partition coefficient (Wildman–Crippen LogP) is 7.52. The second-order valence-corrected chi connectivity index (χ2v) is 8.36. The number of hydrogen-bond donors (Lipinski definition) is 0. The molecule has 0 bridgehead atoms. The van der Waals surface area contributed by atoms with Crippen molar-refractivity contribution in [2.75, 3.05) is 39.3 Å². The maximum atomic E-state index is 2.55. The Labute approximate surface area is 173 Å². The van der Waals surface area contributed by atoms with E-state index in [1.54, 1.807) is 0 Å². The van der Waals surface area contributed by atoms with Gasteiger partial charge in [0.25, 0.3) is 0 Å². The van der Waals surface area contributed by atoms with Crippen LogP contribution < -0.4 is 0 Å². The van der Waals surface area contributed by atoms with Gasteiger partial charge in [-0.05, 0) is 52.1 Å². The first-order chi connectivity index (χ1) is 13.3. The van der Waals surface area contributed by atoms with Crippen LogP contribution in [0.5, 0.6) is 0 Å². The summed E-state index contributed by atoms with van der Waals surface area (Å²) < 4.78 is 0. The van der Waals surface area contributed by atoms with Crippen molar-refractivity contribution in [3.63, 3.8) is 0 Å². The van der Waals surface area contributed by atoms with Gasteiger partial charge in [0.1, 0.15) is 0 Å². The number of nitrogens with zero attached hydrogens (tertiary/aromatic N) is 2. The summed E-state index contributed by atoms with van der Waals surface area (Å²) in [5, 5.41) is 0. The van der Waals surface area contributed by atoms with Gasteiger partial charge in [0.15, 0.2) is 0 Å². The third-order valence-corrected chi connectivity index (χ3v) is 6.24. The summed E-state index contributed by atoms with van der Waals surface area (Å²) in [6, 6.07) is 0. The van der Waals surface area contributed by atoms with E-state index in [4.69, 9.17) is 0 Å². The molecule has 0 amide bonds. The van der Waals surface area contributed by atoms with Crippen LogP contribution >= 0.6 is 0 Å². The molecule has 0 radical (unpaired) electrons. The van der Waals surface area contributed by atoms with Gasteiger partial charge in [-0.1, -0.05) is 111 Å². The van der Waals surface area contributed by atoms with E-state index in [-0.39, 0.29) is 0 Å². The van der Waals surface area contributed by atoms with E-state index in [9.17, 15) is 0 Å². The molecule has 0 unspecified atom stereocenters. The third-order valence-electron chi connectivity index (χ3n) is 6.24. The molecule has 0 heterocycles. The smallest absolute Gasteiger partial charge is 0.00190 e. The van der Waals surface area contributed by atoms with E-state index < -0.39 is 0 Å². The standard InChI is InChI=1S/C25H54N2/c1-5-26(6-2)24-22-20-18-16-14-12-10-9-11-13-15-17-19-21-23-25-27(7-3)8-4/h5-25H2,1-4H3. The Balaban J connectivity index is 3.11. The van der Waals surface area contributed by atoms with Gasteiger partial charge in [0.05, 0.1) is 0 Å². The first-order valence-corrected chi connectivity index (χ1v) is 12.7. The van der Waals surface area contributed by atoms with Gasteiger partial charge in [0, 0.05) is 0 Å². The van der Waals surface area contributed by atoms with Crippen LogP contribution in [0.4, 0.5) is 0 Å². The molecule has 0 aromatic carbocycles. The van der Waals surface area contributed by atoms with Gasteiger partial charge in [-0.3, -0.25) is 0 Å². The average molecular weight is 383 g/mol. The molecule has 0 aromatic heterocycles. The molecule has 0 atom stereocenters. The minimum Gasteiger partial charge on any atom is -0.304 e. The zero-order valence-electron chi connectivity index (χ0n) is 19.7. The van der Waals surface area contributed by atoms with E-state index in [0.29, 0.717) is 0 Å². The third kappa shape index (κ3) is 19.0. The van der Waals surface area contributed by atoms with Crippen LogP contribution in [-0.2, 0) is 0 Å². The fraction of sp³-hybridized carbons (Fsp3) is 1.00. The van der Waals surface area contributed by atoms with Crippen molar-refractivity contribution in [2.45, 2.75) is 124 Å². The van der Waals surface area contributed by atoms with E-state index in [1.165, 1.54) is 136 Å². The summed E-state index contributed by atoms with van der Waals surface area (Å²) in [6.07, 6.45) is 21.8. The van der Waals surface area contributed by atoms with Gasteiger partial charge in [-0.2, -0.15) is 0 Å². The maximum absolute atomic E-state index is 2.55. The molecule has 0 aliphatic carbocycles. The maximum Gasteiger partial charge on any atom is -0.00190 e. The second-order valence-electron chi connectivity index (χ2n) is 8.36. The van der Waals surface area contributed by atoms with Gasteiger partial charge >= 0.3 is 0 Å². The van der Waals surface area contributed by atoms with Gasteiger partial charge < -0.3 is 9.80 Å². The largest absolute Gasteiger partial charge is 0.304 e. The molecular formula is C25H54N2. The Morgan fingerprint density at radius 3 is 0.667 bits per heavy atom. The Hall–Kier alpha value is -0.0800. The summed E-state index contributed by atoms with van der Waals surface area (Å²) in [4.78, 5) is 5.10. The van der Waals surface area contributed by atoms with Crippen LogP contribution in [0.25, 0.3) is 0 Å². The summed E-state index contributed by atoms with van der Waals surface area (Å²) >= 11 is 0.